The summed E-state index contributed by atoms with van der Waals surface area (Å²) >= 11 is 2.55. The van der Waals surface area contributed by atoms with Gasteiger partial charge in [0.2, 0.25) is 22.1 Å². The third-order valence-corrected chi connectivity index (χ3v) is 6.91. The van der Waals surface area contributed by atoms with Gasteiger partial charge in [-0.15, -0.1) is 10.2 Å². The highest BCUT2D eigenvalue weighted by Crippen LogP contribution is 2.25. The number of nitrogens with two attached hydrogens (primary N) is 1. The number of nitrogens with one attached hydrogen (secondary N) is 1. The van der Waals surface area contributed by atoms with Crippen LogP contribution in [0.3, 0.4) is 0 Å². The van der Waals surface area contributed by atoms with Gasteiger partial charge in [0.05, 0.1) is 11.0 Å². The van der Waals surface area contributed by atoms with Gasteiger partial charge in [-0.1, -0.05) is 49.2 Å². The Hall–Kier alpha value is -1.42. The molecule has 8 nitrogen and oxygen atoms in total. The van der Waals surface area contributed by atoms with Crippen molar-refractivity contribution in [3.05, 3.63) is 0 Å². The maximum absolute atomic E-state index is 12.5. The summed E-state index contributed by atoms with van der Waals surface area (Å²) in [6.45, 7) is 7.11. The molecule has 2 rings (SSSR count). The molecule has 1 aliphatic carbocycles. The van der Waals surface area contributed by atoms with Crippen LogP contribution in [-0.2, 0) is 9.59 Å². The normalized spacial score (nSPS) is 16.4. The molecule has 0 saturated heterocycles. The monoisotopic (exact) mass is 428 g/mol. The molecule has 1 fully saturated rings. The van der Waals surface area contributed by atoms with E-state index in [4.69, 9.17) is 5.84 Å². The highest BCUT2D eigenvalue weighted by Gasteiger charge is 2.23. The van der Waals surface area contributed by atoms with E-state index in [1.807, 2.05) is 20.8 Å². The molecule has 1 aromatic rings. The Kier molecular flexibility index (Phi) is 9.43. The van der Waals surface area contributed by atoms with Crippen LogP contribution in [0.5, 0.6) is 0 Å². The lowest BCUT2D eigenvalue weighted by atomic mass is 10.1. The van der Waals surface area contributed by atoms with Gasteiger partial charge in [-0.05, 0) is 33.6 Å². The van der Waals surface area contributed by atoms with Crippen molar-refractivity contribution in [2.75, 3.05) is 24.7 Å². The molecule has 1 aromatic heterocycles. The van der Waals surface area contributed by atoms with Crippen molar-refractivity contribution in [1.82, 2.24) is 25.1 Å². The molecular formula is C18H32N6O2S2. The molecule has 1 saturated carbocycles. The van der Waals surface area contributed by atoms with Crippen LogP contribution in [0, 0.1) is 0 Å². The second kappa shape index (κ2) is 11.5. The lowest BCUT2D eigenvalue weighted by Crippen LogP contribution is -2.39. The Bertz CT molecular complexity index is 642. The van der Waals surface area contributed by atoms with Gasteiger partial charge in [0.25, 0.3) is 0 Å². The summed E-state index contributed by atoms with van der Waals surface area (Å²) in [5.74, 6) is 6.39. The molecule has 28 heavy (non-hydrogen) atoms. The SMILES string of the molecule is CCN(CC)C(=O)CSc1nnc(S[C@@H](C)C(=O)NC2CCCCCC2)n1N. The molecule has 0 radical (unpaired) electrons. The van der Waals surface area contributed by atoms with Crippen molar-refractivity contribution in [3.8, 4) is 0 Å². The van der Waals surface area contributed by atoms with Gasteiger partial charge in [0.1, 0.15) is 0 Å². The number of thioether (sulfide) groups is 2. The number of hydrogen-bond acceptors (Lipinski definition) is 7. The lowest BCUT2D eigenvalue weighted by Gasteiger charge is -2.19. The van der Waals surface area contributed by atoms with Gasteiger partial charge < -0.3 is 16.1 Å². The highest BCUT2D eigenvalue weighted by molar-refractivity contribution is 8.00. The average Bonchev–Trinajstić information content (AvgIpc) is 2.87. The van der Waals surface area contributed by atoms with Crippen molar-refractivity contribution in [2.45, 2.75) is 80.9 Å². The van der Waals surface area contributed by atoms with E-state index < -0.39 is 0 Å². The first-order valence-electron chi connectivity index (χ1n) is 10.0. The Morgan fingerprint density at radius 1 is 1.18 bits per heavy atom. The molecular weight excluding hydrogens is 396 g/mol. The van der Waals surface area contributed by atoms with E-state index in [0.29, 0.717) is 23.4 Å². The zero-order valence-corrected chi connectivity index (χ0v) is 18.7. The predicted octanol–water partition coefficient (Wildman–Crippen LogP) is 2.27. The summed E-state index contributed by atoms with van der Waals surface area (Å²) < 4.78 is 1.36. The fourth-order valence-electron chi connectivity index (χ4n) is 3.19. The van der Waals surface area contributed by atoms with E-state index in [1.165, 1.54) is 53.9 Å². The zero-order chi connectivity index (χ0) is 20.5. The summed E-state index contributed by atoms with van der Waals surface area (Å²) in [6, 6.07) is 0.269. The molecule has 1 atom stereocenters. The van der Waals surface area contributed by atoms with Gasteiger partial charge in [0, 0.05) is 19.1 Å². The molecule has 0 aliphatic heterocycles. The quantitative estimate of drug-likeness (QED) is 0.353. The fourth-order valence-corrected chi connectivity index (χ4v) is 4.79. The van der Waals surface area contributed by atoms with E-state index in [1.54, 1.807) is 4.90 Å². The van der Waals surface area contributed by atoms with Crippen molar-refractivity contribution in [2.24, 2.45) is 0 Å². The van der Waals surface area contributed by atoms with Crippen molar-refractivity contribution >= 4 is 35.3 Å². The van der Waals surface area contributed by atoms with Crippen LogP contribution in [0.1, 0.15) is 59.3 Å². The predicted molar refractivity (Wildman–Crippen MR) is 114 cm³/mol. The second-order valence-corrected chi connectivity index (χ2v) is 9.20. The van der Waals surface area contributed by atoms with Gasteiger partial charge in [0.15, 0.2) is 0 Å². The van der Waals surface area contributed by atoms with Crippen LogP contribution in [0.25, 0.3) is 0 Å². The fraction of sp³-hybridized carbons (Fsp3) is 0.778. The Morgan fingerprint density at radius 3 is 2.39 bits per heavy atom. The molecule has 0 aromatic carbocycles. The highest BCUT2D eigenvalue weighted by atomic mass is 32.2. The van der Waals surface area contributed by atoms with Gasteiger partial charge in [-0.3, -0.25) is 9.59 Å². The first-order valence-corrected chi connectivity index (χ1v) is 11.9. The molecule has 0 unspecified atom stereocenters. The smallest absolute Gasteiger partial charge is 0.233 e. The maximum atomic E-state index is 12.5. The van der Waals surface area contributed by atoms with E-state index in [0.717, 1.165) is 12.8 Å². The zero-order valence-electron chi connectivity index (χ0n) is 17.0. The molecule has 0 bridgehead atoms. The standard InChI is InChI=1S/C18H32N6O2S2/c1-4-23(5-2)15(25)12-27-17-21-22-18(24(17)19)28-13(3)16(26)20-14-10-8-6-7-9-11-14/h13-14H,4-12,19H2,1-3H3,(H,20,26)/t13-/m0/s1. The Morgan fingerprint density at radius 2 is 1.79 bits per heavy atom. The van der Waals surface area contributed by atoms with Crippen molar-refractivity contribution in [3.63, 3.8) is 0 Å². The number of nitrogens with zero attached hydrogens (tertiary/aromatic N) is 4. The number of hydrogen-bond donors (Lipinski definition) is 2. The first-order chi connectivity index (χ1) is 13.5. The van der Waals surface area contributed by atoms with Crippen LogP contribution in [0.4, 0.5) is 0 Å². The topological polar surface area (TPSA) is 106 Å². The van der Waals surface area contributed by atoms with Crippen LogP contribution in [0.15, 0.2) is 10.3 Å². The van der Waals surface area contributed by atoms with Crippen molar-refractivity contribution < 1.29 is 9.59 Å². The molecule has 3 N–H and O–H groups in total. The van der Waals surface area contributed by atoms with E-state index in [2.05, 4.69) is 15.5 Å². The van der Waals surface area contributed by atoms with Gasteiger partial charge in [-0.25, -0.2) is 4.68 Å². The van der Waals surface area contributed by atoms with Crippen molar-refractivity contribution in [1.29, 1.82) is 0 Å². The number of amides is 2. The summed E-state index contributed by atoms with van der Waals surface area (Å²) in [6.07, 6.45) is 6.97. The molecule has 0 spiro atoms. The number of rotatable bonds is 9. The van der Waals surface area contributed by atoms with E-state index in [9.17, 15) is 9.59 Å². The minimum atomic E-state index is -0.315. The summed E-state index contributed by atoms with van der Waals surface area (Å²) in [4.78, 5) is 26.4. The Labute approximate surface area is 175 Å². The largest absolute Gasteiger partial charge is 0.352 e. The Balaban J connectivity index is 1.86. The number of nitrogen functional groups attached to an aromatic ring is 1. The van der Waals surface area contributed by atoms with Crippen LogP contribution < -0.4 is 11.2 Å². The van der Waals surface area contributed by atoms with E-state index in [-0.39, 0.29) is 28.9 Å². The summed E-state index contributed by atoms with van der Waals surface area (Å²) in [5.41, 5.74) is 0. The third-order valence-electron chi connectivity index (χ3n) is 4.93. The van der Waals surface area contributed by atoms with Crippen LogP contribution in [0.2, 0.25) is 0 Å². The average molecular weight is 429 g/mol. The molecule has 10 heteroatoms. The maximum Gasteiger partial charge on any atom is 0.233 e. The molecule has 2 amide bonds. The van der Waals surface area contributed by atoms with Crippen LogP contribution in [-0.4, -0.2) is 61.7 Å². The molecule has 1 heterocycles. The number of carbonyl (C=O) groups is 2. The third kappa shape index (κ3) is 6.58. The summed E-state index contributed by atoms with van der Waals surface area (Å²) in [5, 5.41) is 11.9. The van der Waals surface area contributed by atoms with E-state index >= 15 is 0 Å². The molecule has 1 aliphatic rings. The lowest BCUT2D eigenvalue weighted by molar-refractivity contribution is -0.128. The minimum Gasteiger partial charge on any atom is -0.352 e. The minimum absolute atomic E-state index is 0.00538. The molecule has 158 valence electrons. The number of carbonyl (C=O) groups excluding carboxylic acids is 2. The summed E-state index contributed by atoms with van der Waals surface area (Å²) in [7, 11) is 0. The second-order valence-electron chi connectivity index (χ2n) is 6.95. The number of aromatic nitrogens is 3. The van der Waals surface area contributed by atoms with Gasteiger partial charge >= 0.3 is 0 Å². The first kappa shape index (κ1) is 22.9. The van der Waals surface area contributed by atoms with Gasteiger partial charge in [-0.2, -0.15) is 0 Å². The van der Waals surface area contributed by atoms with Crippen LogP contribution >= 0.6 is 23.5 Å².